The molecule has 47 heavy (non-hydrogen) atoms. The summed E-state index contributed by atoms with van der Waals surface area (Å²) in [6.07, 6.45) is -0.366. The molecule has 0 bridgehead atoms. The van der Waals surface area contributed by atoms with Crippen molar-refractivity contribution >= 4 is 27.5 Å². The standard InChI is InChI=1S/C30H39ClF3N7O5S/c1-27(2,3)41-19-20(18-28(41,4)5)45-17-15-39-13-9-24(37-39)47(43,44)38-26(42)21-6-7-22(35-25(21)31)40-14-8-23(36-40)46-16-12-29(10-11-29)30(32,33)34/h6-9,13-14,20H,10-12,15-19H2,1-5H3,(H,38,42). The molecular weight excluding hydrogens is 663 g/mol. The Morgan fingerprint density at radius 2 is 1.81 bits per heavy atom. The van der Waals surface area contributed by atoms with Gasteiger partial charge in [-0.3, -0.25) is 14.4 Å². The molecule has 2 fully saturated rings. The number of carbonyl (C=O) groups excluding carboxylic acids is 1. The predicted octanol–water partition coefficient (Wildman–Crippen LogP) is 5.02. The molecule has 1 saturated carbocycles. The maximum Gasteiger partial charge on any atom is 0.394 e. The molecule has 12 nitrogen and oxygen atoms in total. The molecule has 0 spiro atoms. The maximum absolute atomic E-state index is 13.1. The van der Waals surface area contributed by atoms with Crippen molar-refractivity contribution in [2.75, 3.05) is 19.8 Å². The van der Waals surface area contributed by atoms with Gasteiger partial charge in [0.2, 0.25) is 5.88 Å². The molecule has 3 aromatic rings. The van der Waals surface area contributed by atoms with Gasteiger partial charge >= 0.3 is 6.18 Å². The molecule has 1 atom stereocenters. The first-order chi connectivity index (χ1) is 21.8. The molecule has 5 rings (SSSR count). The summed E-state index contributed by atoms with van der Waals surface area (Å²) in [7, 11) is -4.34. The number of hydrogen-bond acceptors (Lipinski definition) is 9. The highest BCUT2D eigenvalue weighted by molar-refractivity contribution is 7.90. The van der Waals surface area contributed by atoms with Crippen LogP contribution in [0.2, 0.25) is 5.15 Å². The van der Waals surface area contributed by atoms with Crippen LogP contribution < -0.4 is 9.46 Å². The van der Waals surface area contributed by atoms with Crippen LogP contribution >= 0.6 is 11.6 Å². The van der Waals surface area contributed by atoms with Crippen LogP contribution in [0.3, 0.4) is 0 Å². The minimum Gasteiger partial charge on any atom is -0.477 e. The molecule has 17 heteroatoms. The Kier molecular flexibility index (Phi) is 9.47. The third-order valence-electron chi connectivity index (χ3n) is 8.61. The molecular formula is C30H39ClF3N7O5S. The number of carbonyl (C=O) groups is 1. The largest absolute Gasteiger partial charge is 0.477 e. The fourth-order valence-corrected chi connectivity index (χ4v) is 7.19. The Morgan fingerprint density at radius 1 is 1.09 bits per heavy atom. The van der Waals surface area contributed by atoms with Crippen molar-refractivity contribution in [2.24, 2.45) is 5.41 Å². The van der Waals surface area contributed by atoms with E-state index in [1.54, 1.807) is 0 Å². The van der Waals surface area contributed by atoms with Gasteiger partial charge in [-0.1, -0.05) is 11.6 Å². The normalized spacial score (nSPS) is 19.6. The summed E-state index contributed by atoms with van der Waals surface area (Å²) in [5.74, 6) is -0.747. The van der Waals surface area contributed by atoms with Crippen LogP contribution in [-0.2, 0) is 21.3 Å². The third kappa shape index (κ3) is 7.92. The molecule has 3 aromatic heterocycles. The van der Waals surface area contributed by atoms with Crippen LogP contribution in [0.25, 0.3) is 5.82 Å². The second-order valence-electron chi connectivity index (χ2n) is 13.6. The van der Waals surface area contributed by atoms with Gasteiger partial charge in [-0.25, -0.2) is 14.4 Å². The molecule has 1 aliphatic heterocycles. The van der Waals surface area contributed by atoms with Crippen molar-refractivity contribution in [3.8, 4) is 11.7 Å². The summed E-state index contributed by atoms with van der Waals surface area (Å²) < 4.78 is 81.4. The van der Waals surface area contributed by atoms with E-state index >= 15 is 0 Å². The number of alkyl halides is 3. The van der Waals surface area contributed by atoms with Crippen molar-refractivity contribution in [2.45, 2.75) is 95.2 Å². The summed E-state index contributed by atoms with van der Waals surface area (Å²) in [5, 5.41) is 7.59. The number of nitrogens with zero attached hydrogens (tertiary/aromatic N) is 6. The lowest BCUT2D eigenvalue weighted by Gasteiger charge is -2.41. The minimum absolute atomic E-state index is 0.00506. The van der Waals surface area contributed by atoms with E-state index in [4.69, 9.17) is 21.1 Å². The van der Waals surface area contributed by atoms with Gasteiger partial charge in [0.05, 0.1) is 36.8 Å². The topological polar surface area (TPSA) is 133 Å². The molecule has 0 aromatic carbocycles. The lowest BCUT2D eigenvalue weighted by atomic mass is 9.96. The van der Waals surface area contributed by atoms with E-state index < -0.39 is 27.5 Å². The van der Waals surface area contributed by atoms with Gasteiger partial charge in [0.1, 0.15) is 5.15 Å². The average molecular weight is 702 g/mol. The highest BCUT2D eigenvalue weighted by atomic mass is 35.5. The van der Waals surface area contributed by atoms with E-state index in [1.807, 2.05) is 4.72 Å². The van der Waals surface area contributed by atoms with Crippen LogP contribution in [0.4, 0.5) is 13.2 Å². The Balaban J connectivity index is 1.13. The average Bonchev–Trinajstić information content (AvgIpc) is 3.26. The van der Waals surface area contributed by atoms with Gasteiger partial charge in [-0.15, -0.1) is 5.10 Å². The van der Waals surface area contributed by atoms with Crippen LogP contribution in [0.1, 0.15) is 70.7 Å². The van der Waals surface area contributed by atoms with Gasteiger partial charge in [-0.05, 0) is 78.5 Å². The maximum atomic E-state index is 13.1. The number of amides is 1. The number of rotatable bonds is 12. The Morgan fingerprint density at radius 3 is 2.43 bits per heavy atom. The highest BCUT2D eigenvalue weighted by Gasteiger charge is 2.62. The quantitative estimate of drug-likeness (QED) is 0.259. The zero-order valence-corrected chi connectivity index (χ0v) is 28.4. The summed E-state index contributed by atoms with van der Waals surface area (Å²) in [6, 6.07) is 5.40. The number of ether oxygens (including phenoxy) is 2. The molecule has 258 valence electrons. The predicted molar refractivity (Wildman–Crippen MR) is 166 cm³/mol. The lowest BCUT2D eigenvalue weighted by molar-refractivity contribution is -0.190. The molecule has 4 heterocycles. The fraction of sp³-hybridized carbons (Fsp3) is 0.600. The minimum atomic E-state index is -4.34. The van der Waals surface area contributed by atoms with Crippen molar-refractivity contribution in [1.29, 1.82) is 0 Å². The van der Waals surface area contributed by atoms with Crippen LogP contribution in [0, 0.1) is 5.41 Å². The molecule has 1 unspecified atom stereocenters. The van der Waals surface area contributed by atoms with E-state index in [0.717, 1.165) is 13.0 Å². The SMILES string of the molecule is CC(C)(C)N1CC(OCCn2ccc(S(=O)(=O)NC(=O)c3ccc(-n4ccc(OCCC5(C(F)(F)F)CC5)n4)nc3Cl)n2)CC1(C)C. The second kappa shape index (κ2) is 12.7. The number of likely N-dealkylation sites (tertiary alicyclic amines) is 1. The number of halogens is 4. The van der Waals surface area contributed by atoms with Crippen molar-refractivity contribution < 1.29 is 35.9 Å². The van der Waals surface area contributed by atoms with Crippen LogP contribution in [0.5, 0.6) is 5.88 Å². The first-order valence-electron chi connectivity index (χ1n) is 15.2. The smallest absolute Gasteiger partial charge is 0.394 e. The number of hydrogen-bond donors (Lipinski definition) is 1. The molecule has 1 aliphatic carbocycles. The molecule has 2 aliphatic rings. The summed E-state index contributed by atoms with van der Waals surface area (Å²) in [4.78, 5) is 19.4. The molecule has 1 amide bonds. The van der Waals surface area contributed by atoms with E-state index in [9.17, 15) is 26.4 Å². The molecule has 1 saturated heterocycles. The van der Waals surface area contributed by atoms with Gasteiger partial charge < -0.3 is 9.47 Å². The van der Waals surface area contributed by atoms with E-state index in [2.05, 4.69) is 54.7 Å². The third-order valence-corrected chi connectivity index (χ3v) is 10.1. The molecule has 1 N–H and O–H groups in total. The summed E-state index contributed by atoms with van der Waals surface area (Å²) in [6.45, 7) is 12.2. The first-order valence-corrected chi connectivity index (χ1v) is 17.1. The van der Waals surface area contributed by atoms with Crippen molar-refractivity contribution in [1.82, 2.24) is 34.2 Å². The highest BCUT2D eigenvalue weighted by Crippen LogP contribution is 2.59. The van der Waals surface area contributed by atoms with E-state index in [0.29, 0.717) is 13.2 Å². The zero-order chi connectivity index (χ0) is 34.4. The van der Waals surface area contributed by atoms with Crippen LogP contribution in [0.15, 0.2) is 41.7 Å². The Labute approximate surface area is 276 Å². The number of pyridine rings is 1. The Bertz CT molecular complexity index is 1710. The fourth-order valence-electron chi connectivity index (χ4n) is 6.04. The number of nitrogens with one attached hydrogen (secondary N) is 1. The second-order valence-corrected chi connectivity index (χ2v) is 15.6. The summed E-state index contributed by atoms with van der Waals surface area (Å²) >= 11 is 6.22. The van der Waals surface area contributed by atoms with Gasteiger partial charge in [0, 0.05) is 36.1 Å². The lowest BCUT2D eigenvalue weighted by Crippen LogP contribution is -2.50. The van der Waals surface area contributed by atoms with Crippen LogP contribution in [-0.4, -0.2) is 86.9 Å². The number of aromatic nitrogens is 5. The monoisotopic (exact) mass is 701 g/mol. The van der Waals surface area contributed by atoms with Gasteiger partial charge in [0.15, 0.2) is 10.8 Å². The van der Waals surface area contributed by atoms with Crippen molar-refractivity contribution in [3.05, 3.63) is 47.4 Å². The van der Waals surface area contributed by atoms with Crippen molar-refractivity contribution in [3.63, 3.8) is 0 Å². The van der Waals surface area contributed by atoms with Gasteiger partial charge in [-0.2, -0.15) is 26.7 Å². The van der Waals surface area contributed by atoms with Gasteiger partial charge in [0.25, 0.3) is 15.9 Å². The van der Waals surface area contributed by atoms with E-state index in [-0.39, 0.29) is 70.5 Å². The van der Waals surface area contributed by atoms with E-state index in [1.165, 1.54) is 46.0 Å². The zero-order valence-electron chi connectivity index (χ0n) is 26.8. The number of sulfonamides is 1. The Hall–Kier alpha value is -3.21. The summed E-state index contributed by atoms with van der Waals surface area (Å²) in [5.41, 5.74) is -1.88. The molecule has 0 radical (unpaired) electrons. The first kappa shape index (κ1) is 35.1.